The van der Waals surface area contributed by atoms with Gasteiger partial charge in [-0.15, -0.1) is 0 Å². The molecule has 24 heavy (non-hydrogen) atoms. The molecule has 2 fully saturated rings. The molecular weight excluding hydrogens is 366 g/mol. The van der Waals surface area contributed by atoms with E-state index in [1.165, 1.54) is 32.5 Å². The highest BCUT2D eigenvalue weighted by Crippen LogP contribution is 2.23. The maximum absolute atomic E-state index is 12.4. The van der Waals surface area contributed by atoms with Gasteiger partial charge in [0.05, 0.1) is 0 Å². The van der Waals surface area contributed by atoms with Gasteiger partial charge in [0.1, 0.15) is 0 Å². The van der Waals surface area contributed by atoms with Gasteiger partial charge in [0.25, 0.3) is 0 Å². The zero-order valence-corrected chi connectivity index (χ0v) is 16.1. The van der Waals surface area contributed by atoms with E-state index in [9.17, 15) is 4.79 Å². The largest absolute Gasteiger partial charge is 0.325 e. The molecule has 0 unspecified atom stereocenters. The van der Waals surface area contributed by atoms with Crippen LogP contribution < -0.4 is 5.32 Å². The first kappa shape index (κ1) is 17.7. The van der Waals surface area contributed by atoms with Crippen LogP contribution in [0.1, 0.15) is 32.6 Å². The quantitative estimate of drug-likeness (QED) is 0.824. The number of carbonyl (C=O) groups is 1. The van der Waals surface area contributed by atoms with Crippen molar-refractivity contribution in [3.8, 4) is 0 Å². The molecule has 3 rings (SSSR count). The second-order valence-electron chi connectivity index (χ2n) is 7.37. The second kappa shape index (κ2) is 8.34. The Hall–Kier alpha value is -1.07. The minimum Gasteiger partial charge on any atom is -0.325 e. The van der Waals surface area contributed by atoms with Gasteiger partial charge in [0.2, 0.25) is 0 Å². The Morgan fingerprint density at radius 2 is 1.88 bits per heavy atom. The van der Waals surface area contributed by atoms with Crippen LogP contribution in [0.4, 0.5) is 10.5 Å². The van der Waals surface area contributed by atoms with Crippen LogP contribution in [0.2, 0.25) is 0 Å². The van der Waals surface area contributed by atoms with Crippen molar-refractivity contribution in [1.82, 2.24) is 9.80 Å². The maximum Gasteiger partial charge on any atom is 0.321 e. The summed E-state index contributed by atoms with van der Waals surface area (Å²) in [6, 6.07) is 7.77. The molecule has 132 valence electrons. The van der Waals surface area contributed by atoms with E-state index in [1.807, 2.05) is 29.2 Å². The lowest BCUT2D eigenvalue weighted by molar-refractivity contribution is 0.125. The van der Waals surface area contributed by atoms with Crippen molar-refractivity contribution in [2.75, 3.05) is 38.0 Å². The third-order valence-corrected chi connectivity index (χ3v) is 5.78. The molecule has 1 N–H and O–H groups in total. The fraction of sp³-hybridized carbons (Fsp3) is 0.632. The predicted molar refractivity (Wildman–Crippen MR) is 102 cm³/mol. The molecule has 0 aromatic heterocycles. The van der Waals surface area contributed by atoms with Crippen molar-refractivity contribution in [3.05, 3.63) is 28.7 Å². The number of hydrogen-bond acceptors (Lipinski definition) is 2. The Bertz CT molecular complexity index is 540. The van der Waals surface area contributed by atoms with Gasteiger partial charge in [0, 0.05) is 36.3 Å². The molecule has 0 saturated carbocycles. The average molecular weight is 394 g/mol. The van der Waals surface area contributed by atoms with Crippen LogP contribution in [0, 0.1) is 11.8 Å². The molecule has 5 heteroatoms. The third kappa shape index (κ3) is 4.96. The minimum atomic E-state index is 0.0300. The first-order valence-corrected chi connectivity index (χ1v) is 9.93. The van der Waals surface area contributed by atoms with Crippen molar-refractivity contribution in [1.29, 1.82) is 0 Å². The molecule has 2 aliphatic rings. The Kier molecular flexibility index (Phi) is 6.17. The number of carbonyl (C=O) groups excluding carboxylic acids is 1. The van der Waals surface area contributed by atoms with Gasteiger partial charge in [-0.2, -0.15) is 0 Å². The van der Waals surface area contributed by atoms with E-state index < -0.39 is 0 Å². The fourth-order valence-corrected chi connectivity index (χ4v) is 4.14. The van der Waals surface area contributed by atoms with Gasteiger partial charge < -0.3 is 15.1 Å². The number of urea groups is 1. The van der Waals surface area contributed by atoms with Crippen LogP contribution in [0.25, 0.3) is 0 Å². The van der Waals surface area contributed by atoms with Gasteiger partial charge in [-0.25, -0.2) is 4.79 Å². The van der Waals surface area contributed by atoms with Crippen molar-refractivity contribution < 1.29 is 4.79 Å². The number of benzene rings is 1. The summed E-state index contributed by atoms with van der Waals surface area (Å²) in [5, 5.41) is 3.00. The zero-order valence-electron chi connectivity index (χ0n) is 14.5. The highest BCUT2D eigenvalue weighted by molar-refractivity contribution is 9.10. The Labute approximate surface area is 153 Å². The number of hydrogen-bond donors (Lipinski definition) is 1. The maximum atomic E-state index is 12.4. The van der Waals surface area contributed by atoms with Crippen molar-refractivity contribution in [2.24, 2.45) is 11.8 Å². The van der Waals surface area contributed by atoms with Crippen LogP contribution in [-0.2, 0) is 0 Å². The number of anilines is 1. The van der Waals surface area contributed by atoms with E-state index in [-0.39, 0.29) is 6.03 Å². The summed E-state index contributed by atoms with van der Waals surface area (Å²) in [5.74, 6) is 1.59. The molecule has 1 aromatic carbocycles. The standard InChI is InChI=1S/C19H28BrN3O/c1-15-3-2-10-22(13-15)14-16-8-11-23(12-9-16)19(24)21-18-6-4-17(20)5-7-18/h4-7,15-16H,2-3,8-14H2,1H3,(H,21,24)/t15-/m0/s1. The monoisotopic (exact) mass is 393 g/mol. The van der Waals surface area contributed by atoms with E-state index in [4.69, 9.17) is 0 Å². The Morgan fingerprint density at radius 1 is 1.17 bits per heavy atom. The highest BCUT2D eigenvalue weighted by atomic mass is 79.9. The zero-order chi connectivity index (χ0) is 16.9. The summed E-state index contributed by atoms with van der Waals surface area (Å²) in [4.78, 5) is 17.0. The molecule has 1 atom stereocenters. The lowest BCUT2D eigenvalue weighted by Crippen LogP contribution is -2.44. The number of likely N-dealkylation sites (tertiary alicyclic amines) is 2. The molecule has 0 bridgehead atoms. The average Bonchev–Trinajstić information content (AvgIpc) is 2.57. The second-order valence-corrected chi connectivity index (χ2v) is 8.29. The van der Waals surface area contributed by atoms with E-state index in [0.29, 0.717) is 0 Å². The molecule has 2 amide bonds. The van der Waals surface area contributed by atoms with Crippen LogP contribution >= 0.6 is 15.9 Å². The van der Waals surface area contributed by atoms with Crippen molar-refractivity contribution in [3.63, 3.8) is 0 Å². The van der Waals surface area contributed by atoms with Gasteiger partial charge in [-0.3, -0.25) is 0 Å². The summed E-state index contributed by atoms with van der Waals surface area (Å²) < 4.78 is 1.02. The third-order valence-electron chi connectivity index (χ3n) is 5.25. The van der Waals surface area contributed by atoms with E-state index in [2.05, 4.69) is 33.1 Å². The first-order chi connectivity index (χ1) is 11.6. The Balaban J connectivity index is 1.42. The van der Waals surface area contributed by atoms with Gasteiger partial charge in [-0.1, -0.05) is 22.9 Å². The summed E-state index contributed by atoms with van der Waals surface area (Å²) in [6.07, 6.45) is 4.97. The molecule has 2 aliphatic heterocycles. The number of piperidine rings is 2. The predicted octanol–water partition coefficient (Wildman–Crippen LogP) is 4.42. The highest BCUT2D eigenvalue weighted by Gasteiger charge is 2.25. The number of nitrogens with zero attached hydrogens (tertiary/aromatic N) is 2. The van der Waals surface area contributed by atoms with E-state index in [1.54, 1.807) is 0 Å². The molecule has 2 saturated heterocycles. The van der Waals surface area contributed by atoms with Gasteiger partial charge >= 0.3 is 6.03 Å². The lowest BCUT2D eigenvalue weighted by Gasteiger charge is -2.37. The molecule has 4 nitrogen and oxygen atoms in total. The van der Waals surface area contributed by atoms with Crippen molar-refractivity contribution in [2.45, 2.75) is 32.6 Å². The molecule has 1 aromatic rings. The smallest absolute Gasteiger partial charge is 0.321 e. The molecule has 0 aliphatic carbocycles. The first-order valence-electron chi connectivity index (χ1n) is 9.14. The summed E-state index contributed by atoms with van der Waals surface area (Å²) >= 11 is 3.41. The minimum absolute atomic E-state index is 0.0300. The normalized spacial score (nSPS) is 23.2. The van der Waals surface area contributed by atoms with Crippen LogP contribution in [0.3, 0.4) is 0 Å². The number of nitrogens with one attached hydrogen (secondary N) is 1. The number of amides is 2. The van der Waals surface area contributed by atoms with Gasteiger partial charge in [-0.05, 0) is 68.3 Å². The summed E-state index contributed by atoms with van der Waals surface area (Å²) in [5.41, 5.74) is 0.854. The molecule has 0 spiro atoms. The lowest BCUT2D eigenvalue weighted by atomic mass is 9.94. The number of rotatable bonds is 3. The topological polar surface area (TPSA) is 35.6 Å². The fourth-order valence-electron chi connectivity index (χ4n) is 3.87. The van der Waals surface area contributed by atoms with Crippen molar-refractivity contribution >= 4 is 27.6 Å². The summed E-state index contributed by atoms with van der Waals surface area (Å²) in [7, 11) is 0. The SMILES string of the molecule is C[C@H]1CCCN(CC2CCN(C(=O)Nc3ccc(Br)cc3)CC2)C1. The van der Waals surface area contributed by atoms with E-state index >= 15 is 0 Å². The molecule has 0 radical (unpaired) electrons. The number of halogens is 1. The Morgan fingerprint density at radius 3 is 2.54 bits per heavy atom. The van der Waals surface area contributed by atoms with Gasteiger partial charge in [0.15, 0.2) is 0 Å². The van der Waals surface area contributed by atoms with Crippen LogP contribution in [0.5, 0.6) is 0 Å². The van der Waals surface area contributed by atoms with Crippen LogP contribution in [-0.4, -0.2) is 48.6 Å². The molecule has 2 heterocycles. The van der Waals surface area contributed by atoms with Crippen LogP contribution in [0.15, 0.2) is 28.7 Å². The molecular formula is C19H28BrN3O. The van der Waals surface area contributed by atoms with E-state index in [0.717, 1.165) is 47.9 Å². The summed E-state index contributed by atoms with van der Waals surface area (Å²) in [6.45, 7) is 7.83.